The fourth-order valence-corrected chi connectivity index (χ4v) is 3.16. The lowest BCUT2D eigenvalue weighted by molar-refractivity contribution is -0.137. The minimum absolute atomic E-state index is 0.0513. The molecule has 4 aromatic rings. The molecule has 0 saturated heterocycles. The van der Waals surface area contributed by atoms with Gasteiger partial charge in [-0.1, -0.05) is 6.07 Å². The van der Waals surface area contributed by atoms with Crippen LogP contribution in [0.1, 0.15) is 18.1 Å². The average Bonchev–Trinajstić information content (AvgIpc) is 3.19. The predicted molar refractivity (Wildman–Crippen MR) is 109 cm³/mol. The van der Waals surface area contributed by atoms with Crippen molar-refractivity contribution in [3.63, 3.8) is 0 Å². The van der Waals surface area contributed by atoms with Gasteiger partial charge in [0.15, 0.2) is 5.82 Å². The van der Waals surface area contributed by atoms with Gasteiger partial charge in [0.05, 0.1) is 11.8 Å². The average molecular weight is 446 g/mol. The minimum Gasteiger partial charge on any atom is -0.439 e. The third-order valence-electron chi connectivity index (χ3n) is 4.72. The lowest BCUT2D eigenvalue weighted by atomic mass is 10.1. The molecule has 1 aromatic carbocycles. The summed E-state index contributed by atoms with van der Waals surface area (Å²) in [5, 5.41) is 7.42. The third kappa shape index (κ3) is 4.61. The van der Waals surface area contributed by atoms with E-state index in [-0.39, 0.29) is 11.6 Å². The number of anilines is 1. The van der Waals surface area contributed by atoms with Crippen LogP contribution in [0.3, 0.4) is 0 Å². The molecular weight excluding hydrogens is 428 g/mol. The molecule has 0 unspecified atom stereocenters. The van der Waals surface area contributed by atoms with Crippen molar-refractivity contribution in [3.8, 4) is 11.6 Å². The number of aromatic nitrogens is 5. The molecule has 0 fully saturated rings. The van der Waals surface area contributed by atoms with Crippen molar-refractivity contribution in [1.29, 1.82) is 0 Å². The molecule has 0 saturated carbocycles. The Morgan fingerprint density at radius 3 is 2.69 bits per heavy atom. The highest BCUT2D eigenvalue weighted by atomic mass is 19.4. The van der Waals surface area contributed by atoms with Crippen LogP contribution >= 0.6 is 0 Å². The van der Waals surface area contributed by atoms with Gasteiger partial charge in [0.2, 0.25) is 5.88 Å². The molecular formula is C21H18F4N6O. The van der Waals surface area contributed by atoms with Crippen LogP contribution in [0.5, 0.6) is 11.6 Å². The fourth-order valence-electron chi connectivity index (χ4n) is 3.16. The molecule has 0 aliphatic heterocycles. The van der Waals surface area contributed by atoms with Crippen LogP contribution in [-0.4, -0.2) is 31.3 Å². The Hall–Kier alpha value is -3.76. The van der Waals surface area contributed by atoms with E-state index in [9.17, 15) is 17.6 Å². The number of alkyl halides is 3. The Kier molecular flexibility index (Phi) is 5.89. The number of fused-ring (bicyclic) bond motifs is 1. The second-order valence-corrected chi connectivity index (χ2v) is 6.83. The van der Waals surface area contributed by atoms with Crippen LogP contribution < -0.4 is 10.1 Å². The molecule has 3 heterocycles. The zero-order valence-corrected chi connectivity index (χ0v) is 16.9. The molecule has 0 amide bonds. The van der Waals surface area contributed by atoms with E-state index in [4.69, 9.17) is 4.74 Å². The van der Waals surface area contributed by atoms with Crippen LogP contribution in [0.2, 0.25) is 0 Å². The fraction of sp³-hybridized carbons (Fsp3) is 0.238. The van der Waals surface area contributed by atoms with E-state index in [1.54, 1.807) is 10.9 Å². The molecule has 0 aliphatic carbocycles. The first-order chi connectivity index (χ1) is 15.3. The van der Waals surface area contributed by atoms with E-state index < -0.39 is 17.6 Å². The standard InChI is InChI=1S/C21H18F4N6O/c1-2-31-19-17(11-30-31)28-12-29-20(19)27-7-5-13-3-4-15(10-16(13)22)32-18-9-14(6-8-26-18)21(23,24)25/h3-4,6,8-12H,2,5,7H2,1H3,(H,27,28,29). The van der Waals surface area contributed by atoms with Gasteiger partial charge in [-0.3, -0.25) is 4.68 Å². The Labute approximate surface area is 180 Å². The molecule has 0 spiro atoms. The number of ether oxygens (including phenoxy) is 1. The number of benzene rings is 1. The molecule has 7 nitrogen and oxygen atoms in total. The number of nitrogens with one attached hydrogen (secondary N) is 1. The number of hydrogen-bond donors (Lipinski definition) is 1. The lowest BCUT2D eigenvalue weighted by Crippen LogP contribution is -2.10. The van der Waals surface area contributed by atoms with E-state index in [0.717, 1.165) is 29.9 Å². The van der Waals surface area contributed by atoms with Crippen molar-refractivity contribution in [1.82, 2.24) is 24.7 Å². The molecule has 4 rings (SSSR count). The maximum absolute atomic E-state index is 14.5. The largest absolute Gasteiger partial charge is 0.439 e. The smallest absolute Gasteiger partial charge is 0.416 e. The summed E-state index contributed by atoms with van der Waals surface area (Å²) in [5.41, 5.74) is 0.998. The summed E-state index contributed by atoms with van der Waals surface area (Å²) in [6, 6.07) is 5.72. The van der Waals surface area contributed by atoms with Crippen LogP contribution in [-0.2, 0) is 19.1 Å². The Morgan fingerprint density at radius 2 is 1.94 bits per heavy atom. The first kappa shape index (κ1) is 21.5. The number of halogens is 4. The van der Waals surface area contributed by atoms with E-state index >= 15 is 0 Å². The van der Waals surface area contributed by atoms with Gasteiger partial charge in [0, 0.05) is 31.4 Å². The summed E-state index contributed by atoms with van der Waals surface area (Å²) < 4.78 is 60.0. The van der Waals surface area contributed by atoms with Crippen LogP contribution in [0, 0.1) is 5.82 Å². The van der Waals surface area contributed by atoms with Gasteiger partial charge in [0.25, 0.3) is 0 Å². The SMILES string of the molecule is CCn1ncc2ncnc(NCCc3ccc(Oc4cc(C(F)(F)F)ccn4)cc3F)c21. The summed E-state index contributed by atoms with van der Waals surface area (Å²) in [6.07, 6.45) is -0.0969. The van der Waals surface area contributed by atoms with Gasteiger partial charge in [-0.05, 0) is 31.0 Å². The molecule has 0 aliphatic rings. The number of pyridine rings is 1. The van der Waals surface area contributed by atoms with E-state index in [1.165, 1.54) is 18.5 Å². The molecule has 3 aromatic heterocycles. The summed E-state index contributed by atoms with van der Waals surface area (Å²) in [4.78, 5) is 12.2. The quantitative estimate of drug-likeness (QED) is 0.409. The van der Waals surface area contributed by atoms with Gasteiger partial charge < -0.3 is 10.1 Å². The number of aryl methyl sites for hydroxylation is 1. The molecule has 1 N–H and O–H groups in total. The summed E-state index contributed by atoms with van der Waals surface area (Å²) in [6.45, 7) is 3.01. The van der Waals surface area contributed by atoms with Gasteiger partial charge >= 0.3 is 6.18 Å². The van der Waals surface area contributed by atoms with Gasteiger partial charge in [-0.25, -0.2) is 19.3 Å². The van der Waals surface area contributed by atoms with Crippen LogP contribution in [0.4, 0.5) is 23.4 Å². The highest BCUT2D eigenvalue weighted by Crippen LogP contribution is 2.32. The monoisotopic (exact) mass is 446 g/mol. The first-order valence-electron chi connectivity index (χ1n) is 9.75. The van der Waals surface area contributed by atoms with Gasteiger partial charge in [0.1, 0.15) is 28.9 Å². The van der Waals surface area contributed by atoms with Crippen LogP contribution in [0.15, 0.2) is 49.1 Å². The maximum Gasteiger partial charge on any atom is 0.416 e. The Morgan fingerprint density at radius 1 is 1.09 bits per heavy atom. The second kappa shape index (κ2) is 8.77. The Bertz CT molecular complexity index is 1240. The molecule has 0 atom stereocenters. The van der Waals surface area contributed by atoms with E-state index in [2.05, 4.69) is 25.4 Å². The van der Waals surface area contributed by atoms with Crippen molar-refractivity contribution in [3.05, 3.63) is 66.0 Å². The zero-order chi connectivity index (χ0) is 22.7. The summed E-state index contributed by atoms with van der Waals surface area (Å²) in [5.74, 6) is -0.155. The Balaban J connectivity index is 1.42. The minimum atomic E-state index is -4.52. The van der Waals surface area contributed by atoms with Crippen molar-refractivity contribution >= 4 is 16.9 Å². The highest BCUT2D eigenvalue weighted by molar-refractivity contribution is 5.84. The topological polar surface area (TPSA) is 77.8 Å². The van der Waals surface area contributed by atoms with Crippen molar-refractivity contribution in [2.45, 2.75) is 26.1 Å². The molecule has 11 heteroatoms. The van der Waals surface area contributed by atoms with Crippen LogP contribution in [0.25, 0.3) is 11.0 Å². The summed E-state index contributed by atoms with van der Waals surface area (Å²) in [7, 11) is 0. The molecule has 166 valence electrons. The van der Waals surface area contributed by atoms with Crippen molar-refractivity contribution in [2.24, 2.45) is 0 Å². The van der Waals surface area contributed by atoms with Crippen molar-refractivity contribution < 1.29 is 22.3 Å². The van der Waals surface area contributed by atoms with E-state index in [0.29, 0.717) is 36.4 Å². The number of hydrogen-bond acceptors (Lipinski definition) is 6. The number of rotatable bonds is 7. The predicted octanol–water partition coefficient (Wildman–Crippen LogP) is 4.85. The maximum atomic E-state index is 14.5. The zero-order valence-electron chi connectivity index (χ0n) is 16.9. The highest BCUT2D eigenvalue weighted by Gasteiger charge is 2.31. The van der Waals surface area contributed by atoms with Crippen molar-refractivity contribution in [2.75, 3.05) is 11.9 Å². The lowest BCUT2D eigenvalue weighted by Gasteiger charge is -2.11. The van der Waals surface area contributed by atoms with Gasteiger partial charge in [-0.15, -0.1) is 0 Å². The molecule has 0 radical (unpaired) electrons. The summed E-state index contributed by atoms with van der Waals surface area (Å²) >= 11 is 0. The van der Waals surface area contributed by atoms with E-state index in [1.807, 2.05) is 6.92 Å². The first-order valence-corrected chi connectivity index (χ1v) is 9.75. The van der Waals surface area contributed by atoms with Gasteiger partial charge in [-0.2, -0.15) is 18.3 Å². The second-order valence-electron chi connectivity index (χ2n) is 6.83. The molecule has 32 heavy (non-hydrogen) atoms. The molecule has 0 bridgehead atoms. The number of nitrogens with zero attached hydrogens (tertiary/aromatic N) is 5. The third-order valence-corrected chi connectivity index (χ3v) is 4.72. The normalized spacial score (nSPS) is 11.7.